The molecule has 142 valence electrons. The summed E-state index contributed by atoms with van der Waals surface area (Å²) in [6.45, 7) is -0.309. The van der Waals surface area contributed by atoms with Crippen molar-refractivity contribution in [2.45, 2.75) is 24.9 Å². The number of para-hydroxylation sites is 1. The van der Waals surface area contributed by atoms with Crippen LogP contribution in [-0.4, -0.2) is 53.7 Å². The molecule has 0 bridgehead atoms. The minimum absolute atomic E-state index is 0.270. The first-order valence-electron chi connectivity index (χ1n) is 8.78. The zero-order valence-corrected chi connectivity index (χ0v) is 15.6. The Labute approximate surface area is 156 Å². The van der Waals surface area contributed by atoms with Crippen molar-refractivity contribution in [1.29, 1.82) is 0 Å². The summed E-state index contributed by atoms with van der Waals surface area (Å²) in [6, 6.07) is 5.56. The highest BCUT2D eigenvalue weighted by Gasteiger charge is 2.36. The summed E-state index contributed by atoms with van der Waals surface area (Å²) < 4.78 is 16.8. The van der Waals surface area contributed by atoms with Crippen molar-refractivity contribution < 1.29 is 24.4 Å². The van der Waals surface area contributed by atoms with E-state index in [0.717, 1.165) is 11.1 Å². The van der Waals surface area contributed by atoms with Gasteiger partial charge in [-0.05, 0) is 25.0 Å². The van der Waals surface area contributed by atoms with Crippen LogP contribution in [-0.2, 0) is 12.8 Å². The fourth-order valence-electron chi connectivity index (χ4n) is 3.89. The predicted octanol–water partition coefficient (Wildman–Crippen LogP) is 2.02. The summed E-state index contributed by atoms with van der Waals surface area (Å²) in [6.07, 6.45) is 1.26. The van der Waals surface area contributed by atoms with Gasteiger partial charge >= 0.3 is 0 Å². The van der Waals surface area contributed by atoms with Crippen molar-refractivity contribution in [2.24, 2.45) is 0 Å². The summed E-state index contributed by atoms with van der Waals surface area (Å²) in [5, 5.41) is 20.2. The molecule has 1 aromatic heterocycles. The monoisotopic (exact) mass is 370 g/mol. The van der Waals surface area contributed by atoms with Crippen LogP contribution in [0.15, 0.2) is 18.2 Å². The first-order valence-corrected chi connectivity index (χ1v) is 8.78. The molecule has 1 aliphatic rings. The molecule has 0 saturated heterocycles. The fourth-order valence-corrected chi connectivity index (χ4v) is 3.89. The van der Waals surface area contributed by atoms with Gasteiger partial charge in [0.15, 0.2) is 5.75 Å². The van der Waals surface area contributed by atoms with Crippen molar-refractivity contribution in [3.63, 3.8) is 0 Å². The van der Waals surface area contributed by atoms with E-state index in [9.17, 15) is 10.2 Å². The van der Waals surface area contributed by atoms with E-state index in [1.54, 1.807) is 21.3 Å². The Morgan fingerprint density at radius 1 is 0.963 bits per heavy atom. The molecule has 0 fully saturated rings. The molecule has 2 N–H and O–H groups in total. The minimum Gasteiger partial charge on any atom is -0.494 e. The quantitative estimate of drug-likeness (QED) is 0.679. The van der Waals surface area contributed by atoms with Gasteiger partial charge in [-0.3, -0.25) is 0 Å². The molecule has 7 nitrogen and oxygen atoms in total. The lowest BCUT2D eigenvalue weighted by Crippen LogP contribution is -2.39. The molecule has 1 aliphatic carbocycles. The van der Waals surface area contributed by atoms with E-state index in [1.165, 1.54) is 0 Å². The van der Waals surface area contributed by atoms with Gasteiger partial charge in [-0.1, -0.05) is 6.07 Å². The molecule has 1 heterocycles. The van der Waals surface area contributed by atoms with Crippen LogP contribution in [0.25, 0.3) is 22.1 Å². The smallest absolute Gasteiger partial charge is 0.150 e. The summed E-state index contributed by atoms with van der Waals surface area (Å²) in [5.74, 6) is 1.82. The summed E-state index contributed by atoms with van der Waals surface area (Å²) in [7, 11) is 4.77. The van der Waals surface area contributed by atoms with E-state index in [4.69, 9.17) is 24.2 Å². The van der Waals surface area contributed by atoms with Crippen molar-refractivity contribution in [2.75, 3.05) is 27.9 Å². The van der Waals surface area contributed by atoms with Gasteiger partial charge < -0.3 is 24.4 Å². The van der Waals surface area contributed by atoms with Crippen LogP contribution in [0.1, 0.15) is 17.5 Å². The molecule has 0 amide bonds. The van der Waals surface area contributed by atoms with Crippen LogP contribution >= 0.6 is 0 Å². The van der Waals surface area contributed by atoms with Gasteiger partial charge in [-0.15, -0.1) is 0 Å². The van der Waals surface area contributed by atoms with E-state index in [1.807, 2.05) is 18.2 Å². The number of aliphatic hydroxyl groups is 2. The molecule has 0 spiro atoms. The van der Waals surface area contributed by atoms with Crippen molar-refractivity contribution >= 4 is 22.1 Å². The van der Waals surface area contributed by atoms with Crippen LogP contribution in [0.4, 0.5) is 0 Å². The highest BCUT2D eigenvalue weighted by atomic mass is 16.5. The van der Waals surface area contributed by atoms with Gasteiger partial charge in [-0.2, -0.15) is 0 Å². The second-order valence-corrected chi connectivity index (χ2v) is 6.83. The molecule has 27 heavy (non-hydrogen) atoms. The van der Waals surface area contributed by atoms with Gasteiger partial charge in [0, 0.05) is 17.5 Å². The molecule has 7 heteroatoms. The van der Waals surface area contributed by atoms with Crippen LogP contribution in [0.5, 0.6) is 17.2 Å². The Morgan fingerprint density at radius 2 is 1.67 bits per heavy atom. The van der Waals surface area contributed by atoms with Crippen molar-refractivity contribution in [3.8, 4) is 17.2 Å². The normalized spacial score (nSPS) is 19.1. The summed E-state index contributed by atoms with van der Waals surface area (Å²) in [4.78, 5) is 9.54. The number of rotatable bonds is 4. The molecule has 1 atom stereocenters. The Morgan fingerprint density at radius 3 is 2.33 bits per heavy atom. The average Bonchev–Trinajstić information content (AvgIpc) is 2.70. The largest absolute Gasteiger partial charge is 0.494 e. The Kier molecular flexibility index (Phi) is 4.28. The number of hydrogen-bond donors (Lipinski definition) is 2. The zero-order chi connectivity index (χ0) is 19.2. The Bertz CT molecular complexity index is 1040. The molecule has 0 radical (unpaired) electrons. The second kappa shape index (κ2) is 6.51. The third-order valence-corrected chi connectivity index (χ3v) is 5.27. The molecule has 3 aromatic rings. The zero-order valence-electron chi connectivity index (χ0n) is 15.6. The molecule has 2 aromatic carbocycles. The van der Waals surface area contributed by atoms with Crippen molar-refractivity contribution in [3.05, 3.63) is 29.3 Å². The number of hydrogen-bond acceptors (Lipinski definition) is 7. The number of fused-ring (bicyclic) bond motifs is 3. The predicted molar refractivity (Wildman–Crippen MR) is 101 cm³/mol. The third-order valence-electron chi connectivity index (χ3n) is 5.27. The highest BCUT2D eigenvalue weighted by molar-refractivity contribution is 5.97. The molecular formula is C20H22N2O5. The number of aliphatic hydroxyl groups excluding tert-OH is 1. The number of nitrogens with zero attached hydrogens (tertiary/aromatic N) is 2. The number of methoxy groups -OCH3 is 3. The Hall–Kier alpha value is -2.64. The topological polar surface area (TPSA) is 93.9 Å². The summed E-state index contributed by atoms with van der Waals surface area (Å²) in [5.41, 5.74) is 3.05. The number of benzene rings is 2. The van der Waals surface area contributed by atoms with Gasteiger partial charge in [0.1, 0.15) is 28.0 Å². The average molecular weight is 370 g/mol. The van der Waals surface area contributed by atoms with Gasteiger partial charge in [-0.25, -0.2) is 9.97 Å². The van der Waals surface area contributed by atoms with E-state index >= 15 is 0 Å². The van der Waals surface area contributed by atoms with Crippen LogP contribution < -0.4 is 14.2 Å². The van der Waals surface area contributed by atoms with E-state index in [2.05, 4.69) is 0 Å². The summed E-state index contributed by atoms with van der Waals surface area (Å²) >= 11 is 0. The molecule has 1 unspecified atom stereocenters. The second-order valence-electron chi connectivity index (χ2n) is 6.83. The maximum atomic E-state index is 10.6. The lowest BCUT2D eigenvalue weighted by Gasteiger charge is -2.33. The third kappa shape index (κ3) is 2.65. The molecular weight excluding hydrogens is 348 g/mol. The molecule has 0 saturated carbocycles. The maximum absolute atomic E-state index is 10.6. The lowest BCUT2D eigenvalue weighted by molar-refractivity contribution is -0.0253. The molecule has 0 aliphatic heterocycles. The van der Waals surface area contributed by atoms with Gasteiger partial charge in [0.25, 0.3) is 0 Å². The maximum Gasteiger partial charge on any atom is 0.150 e. The van der Waals surface area contributed by atoms with Crippen molar-refractivity contribution in [1.82, 2.24) is 9.97 Å². The van der Waals surface area contributed by atoms with E-state index < -0.39 is 5.60 Å². The van der Waals surface area contributed by atoms with E-state index in [-0.39, 0.29) is 13.0 Å². The lowest BCUT2D eigenvalue weighted by atomic mass is 9.79. The standard InChI is InChI=1S/C20H22N2O5/c1-25-14-6-4-5-13-15(14)22-17-16(21-13)19(27-3)12-9-20(24,10-23)8-7-11(12)18(17)26-2/h4-6,23-24H,7-10H2,1-3H3. The highest BCUT2D eigenvalue weighted by Crippen LogP contribution is 2.45. The first kappa shape index (κ1) is 17.8. The van der Waals surface area contributed by atoms with E-state index in [0.29, 0.717) is 52.2 Å². The Balaban J connectivity index is 2.10. The number of aromatic nitrogens is 2. The molecule has 4 rings (SSSR count). The first-order chi connectivity index (χ1) is 13.0. The fraction of sp³-hybridized carbons (Fsp3) is 0.400. The van der Waals surface area contributed by atoms with Crippen LogP contribution in [0.2, 0.25) is 0 Å². The van der Waals surface area contributed by atoms with Gasteiger partial charge in [0.2, 0.25) is 0 Å². The van der Waals surface area contributed by atoms with Gasteiger partial charge in [0.05, 0.1) is 39.1 Å². The minimum atomic E-state index is -1.17. The van der Waals surface area contributed by atoms with Crippen LogP contribution in [0.3, 0.4) is 0 Å². The number of ether oxygens (including phenoxy) is 3. The SMILES string of the molecule is COc1cccc2nc3c(OC)c4c(c(OC)c3nc12)CCC(O)(CO)C4. The van der Waals surface area contributed by atoms with Crippen LogP contribution in [0, 0.1) is 0 Å².